The van der Waals surface area contributed by atoms with Crippen LogP contribution in [0.3, 0.4) is 0 Å². The summed E-state index contributed by atoms with van der Waals surface area (Å²) >= 11 is 0. The Morgan fingerprint density at radius 3 is 1.72 bits per heavy atom. The summed E-state index contributed by atoms with van der Waals surface area (Å²) in [6, 6.07) is 34.5. The second-order valence-corrected chi connectivity index (χ2v) is 12.7. The third-order valence-corrected chi connectivity index (χ3v) is 8.09. The van der Waals surface area contributed by atoms with Crippen molar-refractivity contribution in [2.24, 2.45) is 0 Å². The first kappa shape index (κ1) is 29.9. The number of hydrogen-bond donors (Lipinski definition) is 0. The Hall–Kier alpha value is -4.58. The van der Waals surface area contributed by atoms with Gasteiger partial charge in [0.05, 0.1) is 11.1 Å². The minimum Gasteiger partial charge on any atom is -0.443 e. The quantitative estimate of drug-likeness (QED) is 0.230. The molecule has 2 amide bonds. The molecule has 1 aliphatic rings. The molecule has 6 nitrogen and oxygen atoms in total. The first-order chi connectivity index (χ1) is 20.4. The molecule has 4 aromatic carbocycles. The second kappa shape index (κ2) is 11.6. The zero-order valence-corrected chi connectivity index (χ0v) is 26.2. The minimum absolute atomic E-state index is 0.287. The topological polar surface area (TPSA) is 53.1 Å². The molecular formula is C37H41N3O3. The van der Waals surface area contributed by atoms with Crippen molar-refractivity contribution in [2.75, 3.05) is 42.9 Å². The Bertz CT molecular complexity index is 1540. The summed E-state index contributed by atoms with van der Waals surface area (Å²) < 4.78 is 5.82. The molecule has 0 bridgehead atoms. The van der Waals surface area contributed by atoms with E-state index in [1.807, 2.05) is 91.4 Å². The van der Waals surface area contributed by atoms with E-state index in [2.05, 4.69) is 70.5 Å². The van der Waals surface area contributed by atoms with Gasteiger partial charge in [0.15, 0.2) is 0 Å². The predicted octanol–water partition coefficient (Wildman–Crippen LogP) is 7.41. The van der Waals surface area contributed by atoms with Gasteiger partial charge in [0.25, 0.3) is 0 Å². The van der Waals surface area contributed by atoms with Crippen LogP contribution in [0, 0.1) is 0 Å². The van der Waals surface area contributed by atoms with Crippen molar-refractivity contribution in [3.8, 4) is 0 Å². The monoisotopic (exact) mass is 575 g/mol. The van der Waals surface area contributed by atoms with Crippen LogP contribution in [0.5, 0.6) is 0 Å². The number of carbonyl (C=O) groups excluding carboxylic acids is 2. The summed E-state index contributed by atoms with van der Waals surface area (Å²) in [6.07, 6.45) is -0.261. The van der Waals surface area contributed by atoms with Crippen molar-refractivity contribution in [1.29, 1.82) is 0 Å². The van der Waals surface area contributed by atoms with Gasteiger partial charge in [-0.25, -0.2) is 9.69 Å². The van der Waals surface area contributed by atoms with Crippen LogP contribution in [0.2, 0.25) is 0 Å². The van der Waals surface area contributed by atoms with Crippen LogP contribution in [0.15, 0.2) is 103 Å². The number of nitrogens with zero attached hydrogens (tertiary/aromatic N) is 3. The van der Waals surface area contributed by atoms with E-state index in [9.17, 15) is 4.79 Å². The molecule has 0 spiro atoms. The highest BCUT2D eigenvalue weighted by molar-refractivity contribution is 6.22. The highest BCUT2D eigenvalue weighted by Crippen LogP contribution is 2.54. The molecule has 0 aliphatic carbocycles. The van der Waals surface area contributed by atoms with Gasteiger partial charge in [-0.15, -0.1) is 0 Å². The highest BCUT2D eigenvalue weighted by atomic mass is 16.6. The molecule has 0 aromatic heterocycles. The molecule has 5 rings (SSSR count). The molecule has 222 valence electrons. The Balaban J connectivity index is 1.80. The summed E-state index contributed by atoms with van der Waals surface area (Å²) in [5.74, 6) is -0.689. The van der Waals surface area contributed by atoms with Gasteiger partial charge in [-0.05, 0) is 79.8 Å². The number of ether oxygens (including phenoxy) is 1. The Morgan fingerprint density at radius 1 is 0.744 bits per heavy atom. The average Bonchev–Trinajstić information content (AvgIpc) is 3.21. The van der Waals surface area contributed by atoms with E-state index in [4.69, 9.17) is 4.74 Å². The van der Waals surface area contributed by atoms with E-state index in [1.165, 1.54) is 4.90 Å². The van der Waals surface area contributed by atoms with E-state index in [1.54, 1.807) is 0 Å². The van der Waals surface area contributed by atoms with Gasteiger partial charge < -0.3 is 14.5 Å². The fourth-order valence-electron chi connectivity index (χ4n) is 6.12. The first-order valence-electron chi connectivity index (χ1n) is 14.7. The fourth-order valence-corrected chi connectivity index (χ4v) is 6.12. The number of para-hydroxylation sites is 1. The van der Waals surface area contributed by atoms with Crippen LogP contribution >= 0.6 is 0 Å². The van der Waals surface area contributed by atoms with Gasteiger partial charge in [0.2, 0.25) is 5.91 Å². The fraction of sp³-hybridized carbons (Fsp3) is 0.297. The summed E-state index contributed by atoms with van der Waals surface area (Å²) in [4.78, 5) is 34.3. The van der Waals surface area contributed by atoms with E-state index >= 15 is 4.79 Å². The van der Waals surface area contributed by atoms with Crippen LogP contribution in [0.1, 0.15) is 48.9 Å². The summed E-state index contributed by atoms with van der Waals surface area (Å²) in [5.41, 5.74) is 4.62. The maximum Gasteiger partial charge on any atom is 0.421 e. The molecule has 1 aliphatic heterocycles. The number of carbonyl (C=O) groups is 2. The molecule has 0 N–H and O–H groups in total. The van der Waals surface area contributed by atoms with Gasteiger partial charge >= 0.3 is 6.09 Å². The zero-order chi connectivity index (χ0) is 30.9. The van der Waals surface area contributed by atoms with Crippen LogP contribution in [-0.2, 0) is 21.4 Å². The highest BCUT2D eigenvalue weighted by Gasteiger charge is 2.58. The van der Waals surface area contributed by atoms with Crippen molar-refractivity contribution in [2.45, 2.75) is 44.1 Å². The number of imide groups is 1. The van der Waals surface area contributed by atoms with Crippen LogP contribution in [0.4, 0.5) is 21.9 Å². The van der Waals surface area contributed by atoms with Gasteiger partial charge in [-0.1, -0.05) is 72.8 Å². The predicted molar refractivity (Wildman–Crippen MR) is 175 cm³/mol. The Morgan fingerprint density at radius 2 is 1.23 bits per heavy atom. The lowest BCUT2D eigenvalue weighted by Crippen LogP contribution is -2.49. The molecule has 6 heteroatoms. The van der Waals surface area contributed by atoms with Crippen molar-refractivity contribution in [1.82, 2.24) is 0 Å². The lowest BCUT2D eigenvalue weighted by Gasteiger charge is -2.38. The lowest BCUT2D eigenvalue weighted by molar-refractivity contribution is -0.123. The Labute approximate surface area is 255 Å². The average molecular weight is 576 g/mol. The molecule has 1 heterocycles. The van der Waals surface area contributed by atoms with E-state index in [0.29, 0.717) is 12.1 Å². The molecule has 1 unspecified atom stereocenters. The molecule has 4 aromatic rings. The SMILES string of the molecule is CN(C)c1ccc(C(c2ccc(N(C)C)cc2)C2(Cc3ccccc3)C(=O)N(C(=O)OC(C)(C)C)c3ccccc32)cc1. The first-order valence-corrected chi connectivity index (χ1v) is 14.7. The van der Waals surface area contributed by atoms with Gasteiger partial charge in [-0.2, -0.15) is 0 Å². The third kappa shape index (κ3) is 5.74. The number of fused-ring (bicyclic) bond motifs is 1. The van der Waals surface area contributed by atoms with Crippen molar-refractivity contribution < 1.29 is 14.3 Å². The molecule has 43 heavy (non-hydrogen) atoms. The maximum absolute atomic E-state index is 15.2. The van der Waals surface area contributed by atoms with Crippen LogP contribution in [0.25, 0.3) is 0 Å². The lowest BCUT2D eigenvalue weighted by atomic mass is 9.62. The summed E-state index contributed by atoms with van der Waals surface area (Å²) in [5, 5.41) is 0. The van der Waals surface area contributed by atoms with E-state index in [-0.39, 0.29) is 5.91 Å². The van der Waals surface area contributed by atoms with Crippen LogP contribution in [-0.4, -0.2) is 45.8 Å². The molecular weight excluding hydrogens is 534 g/mol. The molecule has 0 fully saturated rings. The Kier molecular flexibility index (Phi) is 8.06. The summed E-state index contributed by atoms with van der Waals surface area (Å²) in [7, 11) is 8.05. The summed E-state index contributed by atoms with van der Waals surface area (Å²) in [6.45, 7) is 5.45. The number of hydrogen-bond acceptors (Lipinski definition) is 5. The van der Waals surface area contributed by atoms with Crippen molar-refractivity contribution in [3.05, 3.63) is 125 Å². The van der Waals surface area contributed by atoms with Crippen molar-refractivity contribution in [3.63, 3.8) is 0 Å². The minimum atomic E-state index is -1.13. The smallest absolute Gasteiger partial charge is 0.421 e. The number of anilines is 3. The van der Waals surface area contributed by atoms with Crippen LogP contribution < -0.4 is 14.7 Å². The van der Waals surface area contributed by atoms with Gasteiger partial charge in [0, 0.05) is 45.5 Å². The van der Waals surface area contributed by atoms with Gasteiger partial charge in [-0.3, -0.25) is 4.79 Å². The van der Waals surface area contributed by atoms with Crippen molar-refractivity contribution >= 4 is 29.1 Å². The third-order valence-electron chi connectivity index (χ3n) is 8.09. The standard InChI is InChI=1S/C37H41N3O3/c1-36(2,3)43-35(42)40-32-16-12-11-15-31(32)37(34(40)41,25-26-13-9-8-10-14-26)33(27-17-21-29(22-18-27)38(4)5)28-19-23-30(24-20-28)39(6)7/h8-24,33H,25H2,1-7H3. The number of amides is 2. The second-order valence-electron chi connectivity index (χ2n) is 12.7. The maximum atomic E-state index is 15.2. The largest absolute Gasteiger partial charge is 0.443 e. The zero-order valence-electron chi connectivity index (χ0n) is 26.2. The molecule has 1 atom stereocenters. The molecule has 0 saturated carbocycles. The molecule has 0 radical (unpaired) electrons. The van der Waals surface area contributed by atoms with E-state index < -0.39 is 23.0 Å². The van der Waals surface area contributed by atoms with E-state index in [0.717, 1.165) is 33.6 Å². The number of benzene rings is 4. The van der Waals surface area contributed by atoms with Gasteiger partial charge in [0.1, 0.15) is 5.60 Å². The molecule has 0 saturated heterocycles. The normalized spacial score (nSPS) is 16.3. The number of rotatable bonds is 7.